The minimum Gasteiger partial charge on any atom is -0.392 e. The third-order valence-electron chi connectivity index (χ3n) is 4.75. The zero-order valence-corrected chi connectivity index (χ0v) is 11.8. The van der Waals surface area contributed by atoms with Gasteiger partial charge < -0.3 is 14.7 Å². The Hall–Kier alpha value is -0.120. The number of aliphatic hydroxyl groups excluding tert-OH is 1. The standard InChI is InChI=1S/C15H29NO2/c1-18-12-13-7-9-16(10-8-13)11-15(17)14-5-3-2-4-6-14/h13-15,17H,2-12H2,1H3. The van der Waals surface area contributed by atoms with E-state index in [2.05, 4.69) is 4.90 Å². The highest BCUT2D eigenvalue weighted by molar-refractivity contribution is 4.79. The normalized spacial score (nSPS) is 26.3. The molecule has 1 unspecified atom stereocenters. The summed E-state index contributed by atoms with van der Waals surface area (Å²) < 4.78 is 5.22. The van der Waals surface area contributed by atoms with Crippen LogP contribution in [-0.2, 0) is 4.74 Å². The van der Waals surface area contributed by atoms with Crippen molar-refractivity contribution in [1.82, 2.24) is 4.90 Å². The molecule has 0 amide bonds. The number of methoxy groups -OCH3 is 1. The number of hydrogen-bond acceptors (Lipinski definition) is 3. The molecule has 1 aliphatic carbocycles. The van der Waals surface area contributed by atoms with Gasteiger partial charge in [0, 0.05) is 20.3 Å². The molecule has 18 heavy (non-hydrogen) atoms. The zero-order valence-electron chi connectivity index (χ0n) is 11.8. The molecule has 3 nitrogen and oxygen atoms in total. The molecule has 2 aliphatic rings. The summed E-state index contributed by atoms with van der Waals surface area (Å²) in [7, 11) is 1.79. The maximum absolute atomic E-state index is 10.3. The van der Waals surface area contributed by atoms with Gasteiger partial charge in [-0.15, -0.1) is 0 Å². The quantitative estimate of drug-likeness (QED) is 0.818. The summed E-state index contributed by atoms with van der Waals surface area (Å²) in [6.07, 6.45) is 8.84. The number of rotatable bonds is 5. The van der Waals surface area contributed by atoms with Crippen LogP contribution in [0.5, 0.6) is 0 Å². The molecule has 3 heteroatoms. The molecule has 1 atom stereocenters. The van der Waals surface area contributed by atoms with Crippen LogP contribution < -0.4 is 0 Å². The van der Waals surface area contributed by atoms with E-state index in [1.807, 2.05) is 0 Å². The van der Waals surface area contributed by atoms with Crippen molar-refractivity contribution in [1.29, 1.82) is 0 Å². The van der Waals surface area contributed by atoms with Gasteiger partial charge in [-0.3, -0.25) is 0 Å². The number of nitrogens with zero attached hydrogens (tertiary/aromatic N) is 1. The summed E-state index contributed by atoms with van der Waals surface area (Å²) in [6, 6.07) is 0. The minimum atomic E-state index is -0.0933. The number of β-amino-alcohol motifs (C(OH)–C–C–N with tert-alkyl or cyclic N) is 1. The highest BCUT2D eigenvalue weighted by Crippen LogP contribution is 2.27. The van der Waals surface area contributed by atoms with Crippen molar-refractivity contribution in [2.24, 2.45) is 11.8 Å². The van der Waals surface area contributed by atoms with Crippen molar-refractivity contribution in [2.75, 3.05) is 33.4 Å². The lowest BCUT2D eigenvalue weighted by Gasteiger charge is -2.35. The Balaban J connectivity index is 1.67. The number of hydrogen-bond donors (Lipinski definition) is 1. The number of aliphatic hydroxyl groups is 1. The van der Waals surface area contributed by atoms with Gasteiger partial charge in [-0.2, -0.15) is 0 Å². The number of likely N-dealkylation sites (tertiary alicyclic amines) is 1. The molecule has 0 bridgehead atoms. The van der Waals surface area contributed by atoms with Gasteiger partial charge in [0.15, 0.2) is 0 Å². The molecule has 1 saturated carbocycles. The lowest BCUT2D eigenvalue weighted by molar-refractivity contribution is 0.0287. The monoisotopic (exact) mass is 255 g/mol. The van der Waals surface area contributed by atoms with Gasteiger partial charge >= 0.3 is 0 Å². The molecule has 1 N–H and O–H groups in total. The van der Waals surface area contributed by atoms with Gasteiger partial charge in [-0.1, -0.05) is 19.3 Å². The molecule has 0 spiro atoms. The van der Waals surface area contributed by atoms with Crippen molar-refractivity contribution >= 4 is 0 Å². The Morgan fingerprint density at radius 1 is 1.11 bits per heavy atom. The van der Waals surface area contributed by atoms with Crippen molar-refractivity contribution in [3.05, 3.63) is 0 Å². The third kappa shape index (κ3) is 4.22. The first-order valence-corrected chi connectivity index (χ1v) is 7.69. The van der Waals surface area contributed by atoms with Crippen LogP contribution in [0.2, 0.25) is 0 Å². The Morgan fingerprint density at radius 2 is 1.78 bits per heavy atom. The number of piperidine rings is 1. The Morgan fingerprint density at radius 3 is 2.39 bits per heavy atom. The second-order valence-corrected chi connectivity index (χ2v) is 6.16. The highest BCUT2D eigenvalue weighted by Gasteiger charge is 2.26. The first kappa shape index (κ1) is 14.3. The molecule has 1 saturated heterocycles. The maximum atomic E-state index is 10.3. The Labute approximate surface area is 112 Å². The van der Waals surface area contributed by atoms with E-state index in [4.69, 9.17) is 4.74 Å². The summed E-state index contributed by atoms with van der Waals surface area (Å²) in [6.45, 7) is 4.07. The van der Waals surface area contributed by atoms with Crippen LogP contribution in [-0.4, -0.2) is 49.5 Å². The fraction of sp³-hybridized carbons (Fsp3) is 1.00. The van der Waals surface area contributed by atoms with Crippen LogP contribution in [0.4, 0.5) is 0 Å². The second-order valence-electron chi connectivity index (χ2n) is 6.16. The summed E-state index contributed by atoms with van der Waals surface area (Å²) in [5, 5.41) is 10.3. The van der Waals surface area contributed by atoms with E-state index in [9.17, 15) is 5.11 Å². The molecule has 0 aromatic carbocycles. The van der Waals surface area contributed by atoms with E-state index in [-0.39, 0.29) is 6.10 Å². The van der Waals surface area contributed by atoms with Crippen LogP contribution in [0.15, 0.2) is 0 Å². The molecule has 0 aromatic heterocycles. The summed E-state index contributed by atoms with van der Waals surface area (Å²) in [5.41, 5.74) is 0. The van der Waals surface area contributed by atoms with Crippen LogP contribution in [0, 0.1) is 11.8 Å². The van der Waals surface area contributed by atoms with Crippen LogP contribution in [0.25, 0.3) is 0 Å². The number of ether oxygens (including phenoxy) is 1. The SMILES string of the molecule is COCC1CCN(CC(O)C2CCCCC2)CC1. The Bertz CT molecular complexity index is 221. The predicted molar refractivity (Wildman–Crippen MR) is 73.6 cm³/mol. The van der Waals surface area contributed by atoms with Gasteiger partial charge in [0.25, 0.3) is 0 Å². The molecule has 0 aromatic rings. The molecule has 0 radical (unpaired) electrons. The maximum Gasteiger partial charge on any atom is 0.0695 e. The summed E-state index contributed by atoms with van der Waals surface area (Å²) in [5.74, 6) is 1.30. The molecule has 106 valence electrons. The summed E-state index contributed by atoms with van der Waals surface area (Å²) in [4.78, 5) is 2.45. The topological polar surface area (TPSA) is 32.7 Å². The smallest absolute Gasteiger partial charge is 0.0695 e. The van der Waals surface area contributed by atoms with Gasteiger partial charge in [0.2, 0.25) is 0 Å². The lowest BCUT2D eigenvalue weighted by Crippen LogP contribution is -2.42. The second kappa shape index (κ2) is 7.46. The molecule has 1 aliphatic heterocycles. The molecule has 2 rings (SSSR count). The van der Waals surface area contributed by atoms with Crippen molar-refractivity contribution in [3.8, 4) is 0 Å². The fourth-order valence-electron chi connectivity index (χ4n) is 3.50. The van der Waals surface area contributed by atoms with E-state index >= 15 is 0 Å². The molecular formula is C15H29NO2. The van der Waals surface area contributed by atoms with Crippen LogP contribution >= 0.6 is 0 Å². The van der Waals surface area contributed by atoms with E-state index in [0.717, 1.165) is 32.2 Å². The van der Waals surface area contributed by atoms with Crippen LogP contribution in [0.3, 0.4) is 0 Å². The third-order valence-corrected chi connectivity index (χ3v) is 4.75. The average molecular weight is 255 g/mol. The van der Waals surface area contributed by atoms with E-state index in [1.165, 1.54) is 44.9 Å². The Kier molecular flexibility index (Phi) is 5.93. The van der Waals surface area contributed by atoms with E-state index in [1.54, 1.807) is 7.11 Å². The first-order valence-electron chi connectivity index (χ1n) is 7.69. The van der Waals surface area contributed by atoms with Crippen LogP contribution in [0.1, 0.15) is 44.9 Å². The van der Waals surface area contributed by atoms with Gasteiger partial charge in [0.1, 0.15) is 0 Å². The van der Waals surface area contributed by atoms with Gasteiger partial charge in [0.05, 0.1) is 6.10 Å². The minimum absolute atomic E-state index is 0.0933. The first-order chi connectivity index (χ1) is 8.79. The largest absolute Gasteiger partial charge is 0.392 e. The average Bonchev–Trinajstić information content (AvgIpc) is 2.42. The van der Waals surface area contributed by atoms with E-state index in [0.29, 0.717) is 5.92 Å². The summed E-state index contributed by atoms with van der Waals surface area (Å²) >= 11 is 0. The van der Waals surface area contributed by atoms with Crippen molar-refractivity contribution in [3.63, 3.8) is 0 Å². The molecule has 2 fully saturated rings. The predicted octanol–water partition coefficient (Wildman–Crippen LogP) is 2.29. The van der Waals surface area contributed by atoms with Crippen molar-refractivity contribution in [2.45, 2.75) is 51.0 Å². The van der Waals surface area contributed by atoms with Gasteiger partial charge in [-0.05, 0) is 50.6 Å². The molecular weight excluding hydrogens is 226 g/mol. The lowest BCUT2D eigenvalue weighted by atomic mass is 9.85. The fourth-order valence-corrected chi connectivity index (χ4v) is 3.50. The molecule has 1 heterocycles. The van der Waals surface area contributed by atoms with E-state index < -0.39 is 0 Å². The van der Waals surface area contributed by atoms with Gasteiger partial charge in [-0.25, -0.2) is 0 Å². The highest BCUT2D eigenvalue weighted by atomic mass is 16.5. The van der Waals surface area contributed by atoms with Crippen molar-refractivity contribution < 1.29 is 9.84 Å². The zero-order chi connectivity index (χ0) is 12.8.